The zero-order valence-electron chi connectivity index (χ0n) is 11.4. The highest BCUT2D eigenvalue weighted by atomic mass is 14.9. The summed E-state index contributed by atoms with van der Waals surface area (Å²) in [6.07, 6.45) is 6.14. The van der Waals surface area contributed by atoms with Gasteiger partial charge in [0.25, 0.3) is 0 Å². The zero-order chi connectivity index (χ0) is 13.1. The van der Waals surface area contributed by atoms with Crippen LogP contribution >= 0.6 is 0 Å². The lowest BCUT2D eigenvalue weighted by Gasteiger charge is -2.35. The molecule has 0 amide bonds. The topological polar surface area (TPSA) is 24.9 Å². The van der Waals surface area contributed by atoms with Gasteiger partial charge in [0.1, 0.15) is 0 Å². The first-order valence-corrected chi connectivity index (χ1v) is 7.00. The van der Waals surface area contributed by atoms with E-state index in [1.54, 1.807) is 0 Å². The van der Waals surface area contributed by atoms with Crippen LogP contribution < -0.4 is 5.32 Å². The van der Waals surface area contributed by atoms with Gasteiger partial charge in [-0.2, -0.15) is 0 Å². The number of rotatable bonds is 2. The Morgan fingerprint density at radius 3 is 2.47 bits per heavy atom. The summed E-state index contributed by atoms with van der Waals surface area (Å²) in [4.78, 5) is 4.09. The molecule has 1 aliphatic rings. The van der Waals surface area contributed by atoms with Crippen LogP contribution in [0, 0.1) is 0 Å². The summed E-state index contributed by atoms with van der Waals surface area (Å²) in [5.41, 5.74) is 4.31. The van der Waals surface area contributed by atoms with Gasteiger partial charge in [-0.05, 0) is 60.2 Å². The maximum atomic E-state index is 4.09. The minimum absolute atomic E-state index is 0.314. The highest BCUT2D eigenvalue weighted by Crippen LogP contribution is 2.34. The molecule has 1 saturated heterocycles. The van der Waals surface area contributed by atoms with Crippen molar-refractivity contribution in [2.24, 2.45) is 0 Å². The molecule has 1 N–H and O–H groups in total. The van der Waals surface area contributed by atoms with Crippen molar-refractivity contribution in [3.63, 3.8) is 0 Å². The summed E-state index contributed by atoms with van der Waals surface area (Å²) >= 11 is 0. The minimum atomic E-state index is 0.314. The van der Waals surface area contributed by atoms with Gasteiger partial charge in [-0.1, -0.05) is 31.2 Å². The fourth-order valence-electron chi connectivity index (χ4n) is 2.89. The highest BCUT2D eigenvalue weighted by Gasteiger charge is 2.28. The van der Waals surface area contributed by atoms with E-state index in [1.165, 1.54) is 29.5 Å². The van der Waals surface area contributed by atoms with Crippen LogP contribution in [0.4, 0.5) is 0 Å². The summed E-state index contributed by atoms with van der Waals surface area (Å²) < 4.78 is 0. The molecule has 2 aromatic rings. The number of hydrogen-bond acceptors (Lipinski definition) is 2. The minimum Gasteiger partial charge on any atom is -0.317 e. The first-order chi connectivity index (χ1) is 9.28. The third-order valence-corrected chi connectivity index (χ3v) is 4.28. The van der Waals surface area contributed by atoms with Gasteiger partial charge in [0.2, 0.25) is 0 Å². The molecule has 19 heavy (non-hydrogen) atoms. The van der Waals surface area contributed by atoms with Crippen molar-refractivity contribution in [3.8, 4) is 11.1 Å². The summed E-state index contributed by atoms with van der Waals surface area (Å²) in [7, 11) is 0. The van der Waals surface area contributed by atoms with Crippen LogP contribution in [0.15, 0.2) is 48.8 Å². The molecule has 1 aromatic carbocycles. The van der Waals surface area contributed by atoms with Crippen molar-refractivity contribution in [2.75, 3.05) is 13.1 Å². The average molecular weight is 252 g/mol. The molecule has 0 radical (unpaired) electrons. The zero-order valence-corrected chi connectivity index (χ0v) is 11.4. The maximum absolute atomic E-state index is 4.09. The van der Waals surface area contributed by atoms with Crippen molar-refractivity contribution in [2.45, 2.75) is 25.2 Å². The van der Waals surface area contributed by atoms with Gasteiger partial charge in [-0.3, -0.25) is 4.98 Å². The Morgan fingerprint density at radius 1 is 1.00 bits per heavy atom. The smallest absolute Gasteiger partial charge is 0.0273 e. The molecule has 0 saturated carbocycles. The van der Waals surface area contributed by atoms with E-state index < -0.39 is 0 Å². The second-order valence-corrected chi connectivity index (χ2v) is 5.63. The number of nitrogens with zero attached hydrogens (tertiary/aromatic N) is 1. The van der Waals surface area contributed by atoms with Crippen LogP contribution in [-0.4, -0.2) is 18.1 Å². The van der Waals surface area contributed by atoms with Crippen LogP contribution in [-0.2, 0) is 5.41 Å². The van der Waals surface area contributed by atoms with E-state index in [4.69, 9.17) is 0 Å². The summed E-state index contributed by atoms with van der Waals surface area (Å²) in [6, 6.07) is 13.1. The van der Waals surface area contributed by atoms with Crippen molar-refractivity contribution in [3.05, 3.63) is 54.4 Å². The van der Waals surface area contributed by atoms with Crippen LogP contribution in [0.3, 0.4) is 0 Å². The molecule has 2 heterocycles. The summed E-state index contributed by atoms with van der Waals surface area (Å²) in [5, 5.41) is 3.45. The number of aromatic nitrogens is 1. The van der Waals surface area contributed by atoms with Crippen molar-refractivity contribution in [1.29, 1.82) is 0 Å². The lowest BCUT2D eigenvalue weighted by molar-refractivity contribution is 0.335. The van der Waals surface area contributed by atoms with E-state index in [2.05, 4.69) is 53.6 Å². The van der Waals surface area contributed by atoms with Crippen molar-refractivity contribution < 1.29 is 0 Å². The van der Waals surface area contributed by atoms with Crippen LogP contribution in [0.5, 0.6) is 0 Å². The quantitative estimate of drug-likeness (QED) is 0.886. The molecule has 3 rings (SSSR count). The molecule has 1 aliphatic heterocycles. The molecule has 1 aromatic heterocycles. The molecule has 98 valence electrons. The van der Waals surface area contributed by atoms with Gasteiger partial charge >= 0.3 is 0 Å². The number of pyridine rings is 1. The third-order valence-electron chi connectivity index (χ3n) is 4.28. The highest BCUT2D eigenvalue weighted by molar-refractivity contribution is 5.63. The predicted molar refractivity (Wildman–Crippen MR) is 79.1 cm³/mol. The van der Waals surface area contributed by atoms with Gasteiger partial charge in [0, 0.05) is 12.4 Å². The first-order valence-electron chi connectivity index (χ1n) is 7.00. The van der Waals surface area contributed by atoms with Crippen molar-refractivity contribution >= 4 is 0 Å². The predicted octanol–water partition coefficient (Wildman–Crippen LogP) is 3.39. The molecular weight excluding hydrogens is 232 g/mol. The molecule has 0 unspecified atom stereocenters. The van der Waals surface area contributed by atoms with E-state index in [9.17, 15) is 0 Å². The molecule has 0 spiro atoms. The Hall–Kier alpha value is -1.67. The molecule has 0 atom stereocenters. The SMILES string of the molecule is CC1(c2cccc(-c3ccncc3)c2)CCNCC1. The molecular formula is C17H20N2. The van der Waals surface area contributed by atoms with Crippen LogP contribution in [0.1, 0.15) is 25.3 Å². The Morgan fingerprint density at radius 2 is 1.74 bits per heavy atom. The Kier molecular flexibility index (Phi) is 3.34. The van der Waals surface area contributed by atoms with E-state index in [-0.39, 0.29) is 0 Å². The number of piperidine rings is 1. The van der Waals surface area contributed by atoms with Gasteiger partial charge in [-0.25, -0.2) is 0 Å². The molecule has 2 nitrogen and oxygen atoms in total. The maximum Gasteiger partial charge on any atom is 0.0273 e. The van der Waals surface area contributed by atoms with E-state index in [0.717, 1.165) is 13.1 Å². The Labute approximate surface area is 114 Å². The van der Waals surface area contributed by atoms with Gasteiger partial charge in [0.05, 0.1) is 0 Å². The van der Waals surface area contributed by atoms with Crippen LogP contribution in [0.2, 0.25) is 0 Å². The monoisotopic (exact) mass is 252 g/mol. The molecule has 0 bridgehead atoms. The average Bonchev–Trinajstić information content (AvgIpc) is 2.49. The van der Waals surface area contributed by atoms with E-state index >= 15 is 0 Å². The van der Waals surface area contributed by atoms with E-state index in [1.807, 2.05) is 12.4 Å². The number of nitrogens with one attached hydrogen (secondary N) is 1. The second-order valence-electron chi connectivity index (χ2n) is 5.63. The number of hydrogen-bond donors (Lipinski definition) is 1. The van der Waals surface area contributed by atoms with E-state index in [0.29, 0.717) is 5.41 Å². The van der Waals surface area contributed by atoms with Gasteiger partial charge < -0.3 is 5.32 Å². The third kappa shape index (κ3) is 2.54. The molecule has 0 aliphatic carbocycles. The summed E-state index contributed by atoms with van der Waals surface area (Å²) in [5.74, 6) is 0. The second kappa shape index (κ2) is 5.14. The van der Waals surface area contributed by atoms with Gasteiger partial charge in [-0.15, -0.1) is 0 Å². The largest absolute Gasteiger partial charge is 0.317 e. The van der Waals surface area contributed by atoms with Gasteiger partial charge in [0.15, 0.2) is 0 Å². The molecule has 1 fully saturated rings. The fourth-order valence-corrected chi connectivity index (χ4v) is 2.89. The fraction of sp³-hybridized carbons (Fsp3) is 0.353. The normalized spacial score (nSPS) is 18.2. The number of benzene rings is 1. The first kappa shape index (κ1) is 12.4. The Bertz CT molecular complexity index is 542. The van der Waals surface area contributed by atoms with Crippen LogP contribution in [0.25, 0.3) is 11.1 Å². The Balaban J connectivity index is 1.96. The summed E-state index contributed by atoms with van der Waals surface area (Å²) in [6.45, 7) is 4.63. The lowest BCUT2D eigenvalue weighted by Crippen LogP contribution is -2.37. The molecule has 2 heteroatoms. The van der Waals surface area contributed by atoms with Crippen molar-refractivity contribution in [1.82, 2.24) is 10.3 Å². The standard InChI is InChI=1S/C17H20N2/c1-17(7-11-19-12-8-17)16-4-2-3-15(13-16)14-5-9-18-10-6-14/h2-6,9-10,13,19H,7-8,11-12H2,1H3. The lowest BCUT2D eigenvalue weighted by atomic mass is 9.74.